The molecule has 3 aromatic rings. The molecule has 0 saturated carbocycles. The van der Waals surface area contributed by atoms with Gasteiger partial charge in [-0.3, -0.25) is 9.48 Å². The Morgan fingerprint density at radius 2 is 2.26 bits per heavy atom. The van der Waals surface area contributed by atoms with Gasteiger partial charge in [0.1, 0.15) is 16.5 Å². The normalized spacial score (nSPS) is 10.6. The Morgan fingerprint density at radius 1 is 1.43 bits per heavy atom. The van der Waals surface area contributed by atoms with Crippen LogP contribution in [0.25, 0.3) is 10.6 Å². The number of benzene rings is 1. The molecular formula is C15H13ClN4O2S. The number of hydrogen-bond acceptors (Lipinski definition) is 5. The van der Waals surface area contributed by atoms with Gasteiger partial charge in [0.05, 0.1) is 24.0 Å². The van der Waals surface area contributed by atoms with E-state index < -0.39 is 0 Å². The number of carbonyl (C=O) groups is 1. The van der Waals surface area contributed by atoms with Crippen molar-refractivity contribution in [3.63, 3.8) is 0 Å². The Labute approximate surface area is 141 Å². The number of anilines is 1. The smallest absolute Gasteiger partial charge is 0.275 e. The van der Waals surface area contributed by atoms with E-state index in [0.29, 0.717) is 22.2 Å². The lowest BCUT2D eigenvalue weighted by Crippen LogP contribution is -2.12. The molecule has 0 saturated heterocycles. The topological polar surface area (TPSA) is 69.0 Å². The molecule has 1 aromatic carbocycles. The largest absolute Gasteiger partial charge is 0.497 e. The average Bonchev–Trinajstić information content (AvgIpc) is 3.18. The number of aromatic nitrogens is 3. The minimum absolute atomic E-state index is 0.327. The molecule has 118 valence electrons. The number of halogens is 1. The van der Waals surface area contributed by atoms with Gasteiger partial charge in [0.2, 0.25) is 0 Å². The fourth-order valence-electron chi connectivity index (χ4n) is 1.96. The van der Waals surface area contributed by atoms with Gasteiger partial charge >= 0.3 is 0 Å². The maximum Gasteiger partial charge on any atom is 0.275 e. The van der Waals surface area contributed by atoms with Crippen molar-refractivity contribution in [3.05, 3.63) is 46.7 Å². The van der Waals surface area contributed by atoms with Crippen molar-refractivity contribution < 1.29 is 9.53 Å². The van der Waals surface area contributed by atoms with Crippen molar-refractivity contribution in [2.45, 2.75) is 0 Å². The first-order valence-electron chi connectivity index (χ1n) is 6.66. The van der Waals surface area contributed by atoms with Gasteiger partial charge in [-0.1, -0.05) is 11.6 Å². The van der Waals surface area contributed by atoms with Crippen LogP contribution in [0.3, 0.4) is 0 Å². The van der Waals surface area contributed by atoms with Crippen LogP contribution in [0.5, 0.6) is 5.75 Å². The van der Waals surface area contributed by atoms with Gasteiger partial charge < -0.3 is 10.1 Å². The fraction of sp³-hybridized carbons (Fsp3) is 0.133. The van der Waals surface area contributed by atoms with E-state index >= 15 is 0 Å². The monoisotopic (exact) mass is 348 g/mol. The van der Waals surface area contributed by atoms with Crippen LogP contribution in [0.2, 0.25) is 5.02 Å². The highest BCUT2D eigenvalue weighted by molar-refractivity contribution is 7.13. The molecule has 0 atom stereocenters. The predicted octanol–water partition coefficient (Wildman–Crippen LogP) is 3.46. The van der Waals surface area contributed by atoms with E-state index in [1.54, 1.807) is 41.6 Å². The summed E-state index contributed by atoms with van der Waals surface area (Å²) in [5.41, 5.74) is 1.68. The number of hydrogen-bond donors (Lipinski definition) is 1. The lowest BCUT2D eigenvalue weighted by Gasteiger charge is -2.07. The van der Waals surface area contributed by atoms with E-state index in [2.05, 4.69) is 15.4 Å². The number of amides is 1. The lowest BCUT2D eigenvalue weighted by atomic mass is 10.3. The summed E-state index contributed by atoms with van der Waals surface area (Å²) in [6.45, 7) is 0. The predicted molar refractivity (Wildman–Crippen MR) is 90.3 cm³/mol. The molecule has 0 fully saturated rings. The van der Waals surface area contributed by atoms with Gasteiger partial charge in [0.25, 0.3) is 5.91 Å². The Kier molecular flexibility index (Phi) is 4.31. The molecule has 6 nitrogen and oxygen atoms in total. The van der Waals surface area contributed by atoms with Crippen LogP contribution in [-0.2, 0) is 7.05 Å². The Morgan fingerprint density at radius 3 is 2.96 bits per heavy atom. The van der Waals surface area contributed by atoms with Crippen LogP contribution in [0, 0.1) is 0 Å². The third-order valence-corrected chi connectivity index (χ3v) is 4.33. The molecule has 0 aliphatic rings. The summed E-state index contributed by atoms with van der Waals surface area (Å²) >= 11 is 7.47. The summed E-state index contributed by atoms with van der Waals surface area (Å²) in [6.07, 6.45) is 3.55. The number of thiazole rings is 1. The summed E-state index contributed by atoms with van der Waals surface area (Å²) < 4.78 is 6.82. The molecule has 2 heterocycles. The second-order valence-electron chi connectivity index (χ2n) is 4.74. The zero-order chi connectivity index (χ0) is 16.4. The highest BCUT2D eigenvalue weighted by Gasteiger charge is 2.14. The molecule has 1 N–H and O–H groups in total. The van der Waals surface area contributed by atoms with Crippen LogP contribution >= 0.6 is 22.9 Å². The first-order chi connectivity index (χ1) is 11.1. The van der Waals surface area contributed by atoms with E-state index in [4.69, 9.17) is 16.3 Å². The molecule has 0 spiro atoms. The van der Waals surface area contributed by atoms with Crippen molar-refractivity contribution in [1.82, 2.24) is 14.8 Å². The molecule has 1 amide bonds. The number of nitrogens with zero attached hydrogens (tertiary/aromatic N) is 3. The highest BCUT2D eigenvalue weighted by atomic mass is 35.5. The molecular weight excluding hydrogens is 336 g/mol. The van der Waals surface area contributed by atoms with Crippen LogP contribution < -0.4 is 10.1 Å². The van der Waals surface area contributed by atoms with Crippen LogP contribution in [0.4, 0.5) is 5.69 Å². The van der Waals surface area contributed by atoms with Crippen LogP contribution in [0.15, 0.2) is 36.0 Å². The highest BCUT2D eigenvalue weighted by Crippen LogP contribution is 2.28. The first-order valence-corrected chi connectivity index (χ1v) is 7.92. The molecule has 0 unspecified atom stereocenters. The maximum atomic E-state index is 12.3. The molecule has 0 aliphatic carbocycles. The Bertz CT molecular complexity index is 859. The van der Waals surface area contributed by atoms with Crippen molar-refractivity contribution in [3.8, 4) is 16.3 Å². The summed E-state index contributed by atoms with van der Waals surface area (Å²) in [6, 6.07) is 5.05. The fourth-order valence-corrected chi connectivity index (χ4v) is 2.90. The number of nitrogens with one attached hydrogen (secondary N) is 1. The summed E-state index contributed by atoms with van der Waals surface area (Å²) in [4.78, 5) is 16.7. The maximum absolute atomic E-state index is 12.3. The first kappa shape index (κ1) is 15.5. The van der Waals surface area contributed by atoms with Gasteiger partial charge in [-0.05, 0) is 12.1 Å². The minimum atomic E-state index is -0.327. The van der Waals surface area contributed by atoms with Crippen molar-refractivity contribution >= 4 is 34.5 Å². The van der Waals surface area contributed by atoms with Crippen molar-refractivity contribution in [2.24, 2.45) is 7.05 Å². The van der Waals surface area contributed by atoms with Gasteiger partial charge in [0.15, 0.2) is 0 Å². The number of methoxy groups -OCH3 is 1. The molecule has 0 aliphatic heterocycles. The van der Waals surface area contributed by atoms with Gasteiger partial charge in [0, 0.05) is 30.3 Å². The van der Waals surface area contributed by atoms with Gasteiger partial charge in [-0.2, -0.15) is 5.10 Å². The number of ether oxygens (including phenoxy) is 1. The Balaban J connectivity index is 1.80. The second kappa shape index (κ2) is 6.39. The third kappa shape index (κ3) is 3.35. The van der Waals surface area contributed by atoms with E-state index in [9.17, 15) is 4.79 Å². The van der Waals surface area contributed by atoms with Crippen molar-refractivity contribution in [2.75, 3.05) is 12.4 Å². The molecule has 2 aromatic heterocycles. The molecule has 8 heteroatoms. The van der Waals surface area contributed by atoms with E-state index in [-0.39, 0.29) is 5.91 Å². The van der Waals surface area contributed by atoms with E-state index in [1.807, 2.05) is 13.2 Å². The lowest BCUT2D eigenvalue weighted by molar-refractivity contribution is 0.102. The minimum Gasteiger partial charge on any atom is -0.497 e. The molecule has 23 heavy (non-hydrogen) atoms. The Hall–Kier alpha value is -2.38. The standard InChI is InChI=1S/C15H13ClN4O2S/c1-20-7-9(6-17-20)15-19-13(8-23-15)14(21)18-12-5-10(22-2)3-4-11(12)16/h3-8H,1-2H3,(H,18,21). The van der Waals surface area contributed by atoms with E-state index in [0.717, 1.165) is 10.6 Å². The van der Waals surface area contributed by atoms with E-state index in [1.165, 1.54) is 11.3 Å². The number of carbonyl (C=O) groups excluding carboxylic acids is 1. The third-order valence-electron chi connectivity index (χ3n) is 3.11. The summed E-state index contributed by atoms with van der Waals surface area (Å²) in [7, 11) is 3.38. The molecule has 3 rings (SSSR count). The van der Waals surface area contributed by atoms with Crippen LogP contribution in [0.1, 0.15) is 10.5 Å². The second-order valence-corrected chi connectivity index (χ2v) is 6.01. The van der Waals surface area contributed by atoms with Gasteiger partial charge in [-0.25, -0.2) is 4.98 Å². The molecule has 0 bridgehead atoms. The van der Waals surface area contributed by atoms with Gasteiger partial charge in [-0.15, -0.1) is 11.3 Å². The summed E-state index contributed by atoms with van der Waals surface area (Å²) in [5.74, 6) is 0.283. The average molecular weight is 349 g/mol. The molecule has 0 radical (unpaired) electrons. The number of aryl methyl sites for hydroxylation is 1. The zero-order valence-electron chi connectivity index (χ0n) is 12.4. The SMILES string of the molecule is COc1ccc(Cl)c(NC(=O)c2csc(-c3cnn(C)c3)n2)c1. The number of rotatable bonds is 4. The van der Waals surface area contributed by atoms with Crippen LogP contribution in [-0.4, -0.2) is 27.8 Å². The quantitative estimate of drug-likeness (QED) is 0.784. The van der Waals surface area contributed by atoms with Crippen molar-refractivity contribution in [1.29, 1.82) is 0 Å². The zero-order valence-corrected chi connectivity index (χ0v) is 14.0. The summed E-state index contributed by atoms with van der Waals surface area (Å²) in [5, 5.41) is 9.71.